The summed E-state index contributed by atoms with van der Waals surface area (Å²) in [5, 5.41) is 3.48. The highest BCUT2D eigenvalue weighted by Crippen LogP contribution is 2.29. The summed E-state index contributed by atoms with van der Waals surface area (Å²) in [4.78, 5) is 0. The average Bonchev–Trinajstić information content (AvgIpc) is 2.51. The Morgan fingerprint density at radius 3 is 2.26 bits per heavy atom. The Morgan fingerprint density at radius 2 is 1.57 bits per heavy atom. The van der Waals surface area contributed by atoms with Gasteiger partial charge in [0.2, 0.25) is 0 Å². The third kappa shape index (κ3) is 3.56. The highest BCUT2D eigenvalue weighted by atomic mass is 14.9. The summed E-state index contributed by atoms with van der Waals surface area (Å²) < 4.78 is 0. The summed E-state index contributed by atoms with van der Waals surface area (Å²) in [7, 11) is 0. The molecular formula is C22H25N. The third-order valence-electron chi connectivity index (χ3n) is 4.38. The van der Waals surface area contributed by atoms with Crippen molar-refractivity contribution in [2.24, 2.45) is 0 Å². The van der Waals surface area contributed by atoms with Crippen LogP contribution in [0.4, 0.5) is 5.69 Å². The van der Waals surface area contributed by atoms with E-state index in [0.29, 0.717) is 0 Å². The average molecular weight is 303 g/mol. The Bertz CT molecular complexity index is 756. The predicted octanol–water partition coefficient (Wildman–Crippen LogP) is 6.04. The lowest BCUT2D eigenvalue weighted by molar-refractivity contribution is 0.590. The molecule has 1 heterocycles. The summed E-state index contributed by atoms with van der Waals surface area (Å²) in [5.74, 6) is 0. The number of nitrogens with one attached hydrogen (secondary N) is 1. The molecule has 0 saturated heterocycles. The zero-order valence-electron chi connectivity index (χ0n) is 14.5. The van der Waals surface area contributed by atoms with Crippen molar-refractivity contribution >= 4 is 11.8 Å². The van der Waals surface area contributed by atoms with Crippen LogP contribution in [0.2, 0.25) is 0 Å². The second-order valence-corrected chi connectivity index (χ2v) is 7.29. The van der Waals surface area contributed by atoms with Crippen LogP contribution in [0.15, 0.2) is 60.2 Å². The van der Waals surface area contributed by atoms with Crippen molar-refractivity contribution in [2.75, 3.05) is 11.9 Å². The molecule has 0 unspecified atom stereocenters. The zero-order chi connectivity index (χ0) is 16.4. The molecule has 2 aromatic carbocycles. The Hall–Kier alpha value is -2.28. The molecule has 23 heavy (non-hydrogen) atoms. The quantitative estimate of drug-likeness (QED) is 0.677. The van der Waals surface area contributed by atoms with Crippen LogP contribution >= 0.6 is 0 Å². The van der Waals surface area contributed by atoms with Gasteiger partial charge in [-0.25, -0.2) is 0 Å². The largest absolute Gasteiger partial charge is 0.381 e. The second kappa shape index (κ2) is 6.08. The fraction of sp³-hybridized carbons (Fsp3) is 0.273. The number of benzene rings is 2. The fourth-order valence-electron chi connectivity index (χ4n) is 2.82. The molecule has 3 rings (SSSR count). The molecule has 2 aromatic rings. The van der Waals surface area contributed by atoms with Gasteiger partial charge in [0, 0.05) is 12.2 Å². The standard InChI is InChI=1S/C22H25N/c1-16-5-6-19-15-18(9-12-21(19)23-14-13-16)17-7-10-20(11-8-17)22(2,3)4/h5-13,15,23H,14H2,1-4H3. The molecule has 0 aromatic heterocycles. The molecule has 0 atom stereocenters. The predicted molar refractivity (Wildman–Crippen MR) is 102 cm³/mol. The smallest absolute Gasteiger partial charge is 0.0416 e. The van der Waals surface area contributed by atoms with Crippen LogP contribution in [0.1, 0.15) is 38.8 Å². The number of anilines is 1. The fourth-order valence-corrected chi connectivity index (χ4v) is 2.82. The molecule has 1 nitrogen and oxygen atoms in total. The molecule has 1 aliphatic rings. The SMILES string of the molecule is CC1=CCNc2ccc(-c3ccc(C(C)(C)C)cc3)cc2C=C1. The Balaban J connectivity index is 1.96. The molecule has 0 fully saturated rings. The highest BCUT2D eigenvalue weighted by Gasteiger charge is 2.13. The number of hydrogen-bond donors (Lipinski definition) is 1. The molecule has 1 N–H and O–H groups in total. The maximum absolute atomic E-state index is 3.48. The Kier molecular flexibility index (Phi) is 4.12. The molecule has 0 radical (unpaired) electrons. The molecule has 1 aliphatic heterocycles. The van der Waals surface area contributed by atoms with Gasteiger partial charge in [-0.1, -0.05) is 74.9 Å². The van der Waals surface area contributed by atoms with E-state index < -0.39 is 0 Å². The van der Waals surface area contributed by atoms with E-state index in [9.17, 15) is 0 Å². The molecular weight excluding hydrogens is 278 g/mol. The molecule has 0 saturated carbocycles. The minimum absolute atomic E-state index is 0.196. The molecule has 0 amide bonds. The van der Waals surface area contributed by atoms with E-state index in [1.165, 1.54) is 33.5 Å². The maximum atomic E-state index is 3.48. The van der Waals surface area contributed by atoms with Crippen LogP contribution in [0, 0.1) is 0 Å². The van der Waals surface area contributed by atoms with Gasteiger partial charge in [-0.2, -0.15) is 0 Å². The van der Waals surface area contributed by atoms with E-state index in [1.807, 2.05) is 0 Å². The second-order valence-electron chi connectivity index (χ2n) is 7.29. The van der Waals surface area contributed by atoms with Crippen LogP contribution in [-0.2, 0) is 5.41 Å². The van der Waals surface area contributed by atoms with E-state index in [2.05, 4.69) is 93.7 Å². The van der Waals surface area contributed by atoms with E-state index in [4.69, 9.17) is 0 Å². The van der Waals surface area contributed by atoms with Crippen molar-refractivity contribution in [3.8, 4) is 11.1 Å². The maximum Gasteiger partial charge on any atom is 0.0416 e. The van der Waals surface area contributed by atoms with Crippen molar-refractivity contribution in [1.82, 2.24) is 0 Å². The van der Waals surface area contributed by atoms with Crippen molar-refractivity contribution in [3.63, 3.8) is 0 Å². The number of rotatable bonds is 1. The Morgan fingerprint density at radius 1 is 0.870 bits per heavy atom. The van der Waals surface area contributed by atoms with Crippen LogP contribution < -0.4 is 5.32 Å². The first kappa shape index (κ1) is 15.6. The van der Waals surface area contributed by atoms with E-state index in [0.717, 1.165) is 6.54 Å². The highest BCUT2D eigenvalue weighted by molar-refractivity contribution is 5.76. The van der Waals surface area contributed by atoms with Crippen LogP contribution in [-0.4, -0.2) is 6.54 Å². The number of fused-ring (bicyclic) bond motifs is 1. The van der Waals surface area contributed by atoms with Gasteiger partial charge in [0.1, 0.15) is 0 Å². The third-order valence-corrected chi connectivity index (χ3v) is 4.38. The summed E-state index contributed by atoms with van der Waals surface area (Å²) in [5.41, 5.74) is 7.83. The monoisotopic (exact) mass is 303 g/mol. The van der Waals surface area contributed by atoms with Gasteiger partial charge in [0.25, 0.3) is 0 Å². The van der Waals surface area contributed by atoms with Crippen molar-refractivity contribution in [1.29, 1.82) is 0 Å². The molecule has 118 valence electrons. The lowest BCUT2D eigenvalue weighted by atomic mass is 9.86. The van der Waals surface area contributed by atoms with Gasteiger partial charge in [0.15, 0.2) is 0 Å². The summed E-state index contributed by atoms with van der Waals surface area (Å²) >= 11 is 0. The van der Waals surface area contributed by atoms with Gasteiger partial charge in [0.05, 0.1) is 0 Å². The Labute approximate surface area is 139 Å². The van der Waals surface area contributed by atoms with Gasteiger partial charge in [-0.05, 0) is 46.7 Å². The van der Waals surface area contributed by atoms with Crippen molar-refractivity contribution in [2.45, 2.75) is 33.1 Å². The van der Waals surface area contributed by atoms with Crippen molar-refractivity contribution in [3.05, 3.63) is 71.3 Å². The van der Waals surface area contributed by atoms with Gasteiger partial charge < -0.3 is 5.32 Å². The van der Waals surface area contributed by atoms with Crippen molar-refractivity contribution < 1.29 is 0 Å². The summed E-state index contributed by atoms with van der Waals surface area (Å²) in [6.45, 7) is 9.76. The molecule has 0 spiro atoms. The minimum Gasteiger partial charge on any atom is -0.381 e. The van der Waals surface area contributed by atoms with Gasteiger partial charge >= 0.3 is 0 Å². The van der Waals surface area contributed by atoms with Gasteiger partial charge in [-0.15, -0.1) is 0 Å². The van der Waals surface area contributed by atoms with E-state index in [-0.39, 0.29) is 5.41 Å². The van der Waals surface area contributed by atoms with Crippen LogP contribution in [0.3, 0.4) is 0 Å². The first-order chi connectivity index (χ1) is 10.9. The lowest BCUT2D eigenvalue weighted by Gasteiger charge is -2.19. The number of hydrogen-bond acceptors (Lipinski definition) is 1. The molecule has 1 heteroatoms. The van der Waals surface area contributed by atoms with Crippen LogP contribution in [0.5, 0.6) is 0 Å². The normalized spacial score (nSPS) is 14.3. The molecule has 0 bridgehead atoms. The van der Waals surface area contributed by atoms with Gasteiger partial charge in [-0.3, -0.25) is 0 Å². The van der Waals surface area contributed by atoms with Crippen LogP contribution in [0.25, 0.3) is 17.2 Å². The summed E-state index contributed by atoms with van der Waals surface area (Å²) in [6, 6.07) is 15.6. The first-order valence-corrected chi connectivity index (χ1v) is 8.27. The minimum atomic E-state index is 0.196. The summed E-state index contributed by atoms with van der Waals surface area (Å²) in [6.07, 6.45) is 6.59. The topological polar surface area (TPSA) is 12.0 Å². The van der Waals surface area contributed by atoms with E-state index >= 15 is 0 Å². The van der Waals surface area contributed by atoms with E-state index in [1.54, 1.807) is 0 Å². The first-order valence-electron chi connectivity index (χ1n) is 8.27. The lowest BCUT2D eigenvalue weighted by Crippen LogP contribution is -2.10. The molecule has 0 aliphatic carbocycles. The number of allylic oxidation sites excluding steroid dienone is 2. The zero-order valence-corrected chi connectivity index (χ0v) is 14.5.